The molecule has 5 atom stereocenters. The van der Waals surface area contributed by atoms with Gasteiger partial charge in [-0.15, -0.1) is 12.6 Å². The first-order chi connectivity index (χ1) is 10.4. The first kappa shape index (κ1) is 17.0. The average Bonchev–Trinajstić information content (AvgIpc) is 2.48. The predicted octanol–water partition coefficient (Wildman–Crippen LogP) is -0.239. The summed E-state index contributed by atoms with van der Waals surface area (Å²) >= 11 is 4.18. The summed E-state index contributed by atoms with van der Waals surface area (Å²) in [5, 5.41) is 31.6. The monoisotopic (exact) mass is 329 g/mol. The van der Waals surface area contributed by atoms with E-state index in [4.69, 9.17) is 14.6 Å². The van der Waals surface area contributed by atoms with Crippen molar-refractivity contribution in [2.75, 3.05) is 11.9 Å². The fraction of sp³-hybridized carbons (Fsp3) is 0.500. The Morgan fingerprint density at radius 1 is 1.32 bits per heavy atom. The van der Waals surface area contributed by atoms with Crippen LogP contribution in [0.25, 0.3) is 0 Å². The van der Waals surface area contributed by atoms with Crippen LogP contribution < -0.4 is 10.1 Å². The second kappa shape index (κ2) is 7.30. The zero-order valence-corrected chi connectivity index (χ0v) is 12.8. The lowest BCUT2D eigenvalue weighted by Crippen LogP contribution is -2.58. The maximum Gasteiger partial charge on any atom is 0.221 e. The Balaban J connectivity index is 2.04. The topological polar surface area (TPSA) is 108 Å². The van der Waals surface area contributed by atoms with Crippen molar-refractivity contribution in [3.05, 3.63) is 24.3 Å². The van der Waals surface area contributed by atoms with Crippen molar-refractivity contribution in [3.63, 3.8) is 0 Å². The highest BCUT2D eigenvalue weighted by atomic mass is 32.1. The molecule has 1 aromatic rings. The average molecular weight is 329 g/mol. The fourth-order valence-electron chi connectivity index (χ4n) is 2.18. The van der Waals surface area contributed by atoms with Gasteiger partial charge in [0.05, 0.1) is 6.61 Å². The molecular weight excluding hydrogens is 310 g/mol. The number of thiol groups is 1. The van der Waals surface area contributed by atoms with Gasteiger partial charge in [-0.05, 0) is 24.3 Å². The molecule has 0 spiro atoms. The second-order valence-corrected chi connectivity index (χ2v) is 5.53. The van der Waals surface area contributed by atoms with Gasteiger partial charge in [-0.1, -0.05) is 0 Å². The third-order valence-corrected chi connectivity index (χ3v) is 3.71. The molecule has 7 nitrogen and oxygen atoms in total. The third-order valence-electron chi connectivity index (χ3n) is 3.29. The number of carbonyl (C=O) groups excluding carboxylic acids is 1. The predicted molar refractivity (Wildman–Crippen MR) is 81.9 cm³/mol. The highest BCUT2D eigenvalue weighted by Gasteiger charge is 2.44. The van der Waals surface area contributed by atoms with Crippen LogP contribution in [0.4, 0.5) is 5.69 Å². The molecule has 1 aliphatic heterocycles. The highest BCUT2D eigenvalue weighted by molar-refractivity contribution is 7.80. The quantitative estimate of drug-likeness (QED) is 0.488. The van der Waals surface area contributed by atoms with Gasteiger partial charge in [0, 0.05) is 12.6 Å². The summed E-state index contributed by atoms with van der Waals surface area (Å²) in [6, 6.07) is 6.52. The van der Waals surface area contributed by atoms with E-state index < -0.39 is 36.5 Å². The van der Waals surface area contributed by atoms with Crippen molar-refractivity contribution in [1.82, 2.24) is 0 Å². The minimum Gasteiger partial charge on any atom is -0.484 e. The molecule has 4 N–H and O–H groups in total. The standard InChI is InChI=1S/C14H19NO6S/c1-7(17)15-8-2-4-9(5-3-8)20-13-12(19)11(18)10(6-16)21-14(13)22/h2-5,10-14,16,18-19,22H,6H2,1H3,(H,15,17)/t10-,11-,12+,13+,14+/m1/s1. The number of anilines is 1. The van der Waals surface area contributed by atoms with E-state index in [9.17, 15) is 15.0 Å². The maximum atomic E-state index is 10.9. The largest absolute Gasteiger partial charge is 0.484 e. The number of nitrogens with one attached hydrogen (secondary N) is 1. The number of amides is 1. The van der Waals surface area contributed by atoms with Crippen molar-refractivity contribution < 1.29 is 29.6 Å². The number of ether oxygens (including phenoxy) is 2. The first-order valence-corrected chi connectivity index (χ1v) is 7.29. The summed E-state index contributed by atoms with van der Waals surface area (Å²) in [4.78, 5) is 10.9. The van der Waals surface area contributed by atoms with Crippen LogP contribution in [0.1, 0.15) is 6.92 Å². The van der Waals surface area contributed by atoms with E-state index in [1.807, 2.05) is 0 Å². The third kappa shape index (κ3) is 3.90. The van der Waals surface area contributed by atoms with Crippen LogP contribution in [0.5, 0.6) is 5.75 Å². The lowest BCUT2D eigenvalue weighted by molar-refractivity contribution is -0.198. The normalized spacial score (nSPS) is 31.6. The van der Waals surface area contributed by atoms with E-state index in [1.165, 1.54) is 6.92 Å². The summed E-state index contributed by atoms with van der Waals surface area (Å²) < 4.78 is 10.9. The van der Waals surface area contributed by atoms with Gasteiger partial charge in [0.2, 0.25) is 5.91 Å². The van der Waals surface area contributed by atoms with Crippen LogP contribution in [-0.2, 0) is 9.53 Å². The molecule has 1 aromatic carbocycles. The Morgan fingerprint density at radius 2 is 1.95 bits per heavy atom. The number of aliphatic hydroxyl groups excluding tert-OH is 3. The van der Waals surface area contributed by atoms with Crippen LogP contribution >= 0.6 is 12.6 Å². The molecule has 0 bridgehead atoms. The van der Waals surface area contributed by atoms with E-state index in [0.717, 1.165) is 0 Å². The van der Waals surface area contributed by atoms with Gasteiger partial charge >= 0.3 is 0 Å². The Morgan fingerprint density at radius 3 is 2.50 bits per heavy atom. The summed E-state index contributed by atoms with van der Waals surface area (Å²) in [5.74, 6) is 0.244. The van der Waals surface area contributed by atoms with Gasteiger partial charge in [0.25, 0.3) is 0 Å². The van der Waals surface area contributed by atoms with Crippen LogP contribution in [0, 0.1) is 0 Å². The first-order valence-electron chi connectivity index (χ1n) is 6.77. The molecule has 8 heteroatoms. The molecule has 0 unspecified atom stereocenters. The molecule has 0 aromatic heterocycles. The lowest BCUT2D eigenvalue weighted by Gasteiger charge is -2.40. The molecule has 122 valence electrons. The van der Waals surface area contributed by atoms with Gasteiger partial charge < -0.3 is 30.1 Å². The highest BCUT2D eigenvalue weighted by Crippen LogP contribution is 2.27. The van der Waals surface area contributed by atoms with Crippen LogP contribution in [0.3, 0.4) is 0 Å². The van der Waals surface area contributed by atoms with Crippen LogP contribution in [0.2, 0.25) is 0 Å². The summed E-state index contributed by atoms with van der Waals surface area (Å²) in [5.41, 5.74) is -0.186. The zero-order chi connectivity index (χ0) is 16.3. The van der Waals surface area contributed by atoms with Crippen LogP contribution in [0.15, 0.2) is 24.3 Å². The molecule has 1 amide bonds. The number of carbonyl (C=O) groups is 1. The number of hydrogen-bond donors (Lipinski definition) is 5. The molecular formula is C14H19NO6S. The van der Waals surface area contributed by atoms with E-state index in [0.29, 0.717) is 11.4 Å². The molecule has 1 aliphatic rings. The van der Waals surface area contributed by atoms with E-state index in [2.05, 4.69) is 17.9 Å². The van der Waals surface area contributed by atoms with E-state index in [1.54, 1.807) is 24.3 Å². The van der Waals surface area contributed by atoms with Crippen molar-refractivity contribution in [3.8, 4) is 5.75 Å². The molecule has 0 aliphatic carbocycles. The van der Waals surface area contributed by atoms with E-state index in [-0.39, 0.29) is 5.91 Å². The van der Waals surface area contributed by atoms with Crippen molar-refractivity contribution in [2.24, 2.45) is 0 Å². The lowest BCUT2D eigenvalue weighted by atomic mass is 10.00. The fourth-order valence-corrected chi connectivity index (χ4v) is 2.57. The van der Waals surface area contributed by atoms with Crippen molar-refractivity contribution >= 4 is 24.2 Å². The molecule has 1 heterocycles. The maximum absolute atomic E-state index is 10.9. The van der Waals surface area contributed by atoms with Crippen molar-refractivity contribution in [2.45, 2.75) is 36.8 Å². The molecule has 22 heavy (non-hydrogen) atoms. The number of hydrogen-bond acceptors (Lipinski definition) is 7. The summed E-state index contributed by atoms with van der Waals surface area (Å²) in [7, 11) is 0. The Hall–Kier alpha value is -1.32. The Labute approximate surface area is 133 Å². The smallest absolute Gasteiger partial charge is 0.221 e. The number of benzene rings is 1. The minimum atomic E-state index is -1.27. The zero-order valence-electron chi connectivity index (χ0n) is 11.9. The molecule has 0 saturated carbocycles. The SMILES string of the molecule is CC(=O)Nc1ccc(O[C@H]2[C@@H](O)[C@H](O)[C@@H](CO)O[C@H]2S)cc1. The molecule has 2 rings (SSSR count). The molecule has 0 radical (unpaired) electrons. The Bertz CT molecular complexity index is 511. The van der Waals surface area contributed by atoms with Gasteiger partial charge in [-0.2, -0.15) is 0 Å². The van der Waals surface area contributed by atoms with Gasteiger partial charge in [0.1, 0.15) is 29.5 Å². The van der Waals surface area contributed by atoms with Gasteiger partial charge in [-0.25, -0.2) is 0 Å². The number of aliphatic hydroxyl groups is 3. The van der Waals surface area contributed by atoms with Gasteiger partial charge in [0.15, 0.2) is 6.10 Å². The van der Waals surface area contributed by atoms with Gasteiger partial charge in [-0.3, -0.25) is 4.79 Å². The second-order valence-electron chi connectivity index (χ2n) is 5.02. The number of rotatable bonds is 4. The molecule has 1 fully saturated rings. The summed E-state index contributed by atoms with van der Waals surface area (Å²) in [6.45, 7) is 0.984. The van der Waals surface area contributed by atoms with Crippen LogP contribution in [-0.4, -0.2) is 57.7 Å². The summed E-state index contributed by atoms with van der Waals surface area (Å²) in [6.07, 6.45) is -4.31. The van der Waals surface area contributed by atoms with E-state index >= 15 is 0 Å². The van der Waals surface area contributed by atoms with Crippen molar-refractivity contribution in [1.29, 1.82) is 0 Å². The molecule has 1 saturated heterocycles. The minimum absolute atomic E-state index is 0.182. The Kier molecular flexibility index (Phi) is 5.65.